The Bertz CT molecular complexity index is 411. The molecule has 1 aliphatic rings. The lowest BCUT2D eigenvalue weighted by molar-refractivity contribution is 0.112. The molecule has 1 heterocycles. The van der Waals surface area contributed by atoms with Crippen LogP contribution in [-0.4, -0.2) is 25.0 Å². The Balaban J connectivity index is 2.39. The zero-order valence-corrected chi connectivity index (χ0v) is 9.90. The molecule has 1 fully saturated rings. The third kappa shape index (κ3) is 2.42. The van der Waals surface area contributed by atoms with Gasteiger partial charge < -0.3 is 15.2 Å². The lowest BCUT2D eigenvalue weighted by Gasteiger charge is -2.25. The Morgan fingerprint density at radius 2 is 2.29 bits per heavy atom. The van der Waals surface area contributed by atoms with Crippen LogP contribution in [0.5, 0.6) is 11.5 Å². The van der Waals surface area contributed by atoms with Crippen molar-refractivity contribution < 1.29 is 14.6 Å². The molecule has 1 atom stereocenters. The van der Waals surface area contributed by atoms with Crippen molar-refractivity contribution in [3.8, 4) is 11.5 Å². The smallest absolute Gasteiger partial charge is 0.160 e. The molecule has 1 aromatic rings. The van der Waals surface area contributed by atoms with Crippen molar-refractivity contribution >= 4 is 6.29 Å². The lowest BCUT2D eigenvalue weighted by atomic mass is 9.93. The van der Waals surface area contributed by atoms with E-state index in [2.05, 4.69) is 5.32 Å². The van der Waals surface area contributed by atoms with Crippen LogP contribution in [0.15, 0.2) is 12.1 Å². The predicted molar refractivity (Wildman–Crippen MR) is 64.6 cm³/mol. The molecule has 4 nitrogen and oxygen atoms in total. The number of rotatable bonds is 3. The molecule has 1 saturated heterocycles. The number of aldehydes is 1. The topological polar surface area (TPSA) is 58.6 Å². The Morgan fingerprint density at radius 3 is 2.88 bits per heavy atom. The van der Waals surface area contributed by atoms with E-state index in [1.807, 2.05) is 0 Å². The number of carbonyl (C=O) groups is 1. The molecule has 0 amide bonds. The molecule has 0 aromatic heterocycles. The van der Waals surface area contributed by atoms with Crippen LogP contribution in [-0.2, 0) is 0 Å². The summed E-state index contributed by atoms with van der Waals surface area (Å²) in [5.74, 6) is 0.423. The van der Waals surface area contributed by atoms with Crippen LogP contribution in [0.3, 0.4) is 0 Å². The zero-order chi connectivity index (χ0) is 12.3. The van der Waals surface area contributed by atoms with Gasteiger partial charge in [0.2, 0.25) is 0 Å². The van der Waals surface area contributed by atoms with E-state index in [1.54, 1.807) is 6.07 Å². The van der Waals surface area contributed by atoms with Crippen molar-refractivity contribution in [2.75, 3.05) is 13.7 Å². The van der Waals surface area contributed by atoms with Crippen molar-refractivity contribution in [2.24, 2.45) is 0 Å². The van der Waals surface area contributed by atoms with Crippen LogP contribution in [0.25, 0.3) is 0 Å². The second-order valence-electron chi connectivity index (χ2n) is 4.27. The van der Waals surface area contributed by atoms with Crippen molar-refractivity contribution in [3.63, 3.8) is 0 Å². The number of phenolic OH excluding ortho intramolecular Hbond substituents is 1. The summed E-state index contributed by atoms with van der Waals surface area (Å²) in [7, 11) is 1.51. The van der Waals surface area contributed by atoms with Crippen molar-refractivity contribution in [3.05, 3.63) is 23.3 Å². The maximum atomic E-state index is 11.0. The van der Waals surface area contributed by atoms with Gasteiger partial charge in [-0.15, -0.1) is 0 Å². The zero-order valence-electron chi connectivity index (χ0n) is 9.90. The van der Waals surface area contributed by atoms with Gasteiger partial charge >= 0.3 is 0 Å². The number of carbonyl (C=O) groups excluding carboxylic acids is 1. The van der Waals surface area contributed by atoms with E-state index < -0.39 is 0 Å². The third-order valence-electron chi connectivity index (χ3n) is 3.20. The molecule has 0 aliphatic carbocycles. The fraction of sp³-hybridized carbons (Fsp3) is 0.462. The SMILES string of the molecule is COc1cc(C2CCCCN2)c(C=O)cc1O. The van der Waals surface area contributed by atoms with Crippen molar-refractivity contribution in [1.82, 2.24) is 5.32 Å². The fourth-order valence-corrected chi connectivity index (χ4v) is 2.28. The molecule has 1 unspecified atom stereocenters. The number of benzene rings is 1. The molecule has 92 valence electrons. The molecular weight excluding hydrogens is 218 g/mol. The first kappa shape index (κ1) is 11.9. The Morgan fingerprint density at radius 1 is 1.47 bits per heavy atom. The minimum atomic E-state index is 0.00848. The summed E-state index contributed by atoms with van der Waals surface area (Å²) < 4.78 is 5.08. The van der Waals surface area contributed by atoms with E-state index in [-0.39, 0.29) is 11.8 Å². The van der Waals surface area contributed by atoms with E-state index in [0.717, 1.165) is 31.2 Å². The van der Waals surface area contributed by atoms with E-state index in [0.29, 0.717) is 11.3 Å². The summed E-state index contributed by atoms with van der Waals surface area (Å²) in [6, 6.07) is 3.40. The average Bonchev–Trinajstić information content (AvgIpc) is 2.39. The van der Waals surface area contributed by atoms with Gasteiger partial charge in [-0.2, -0.15) is 0 Å². The molecule has 2 N–H and O–H groups in total. The largest absolute Gasteiger partial charge is 0.504 e. The number of nitrogens with one attached hydrogen (secondary N) is 1. The van der Waals surface area contributed by atoms with Gasteiger partial charge in [-0.05, 0) is 37.1 Å². The van der Waals surface area contributed by atoms with Crippen LogP contribution in [0.4, 0.5) is 0 Å². The van der Waals surface area contributed by atoms with Crippen LogP contribution in [0, 0.1) is 0 Å². The first-order valence-corrected chi connectivity index (χ1v) is 5.85. The van der Waals surface area contributed by atoms with Gasteiger partial charge in [0, 0.05) is 11.6 Å². The Hall–Kier alpha value is -1.55. The first-order valence-electron chi connectivity index (χ1n) is 5.85. The summed E-state index contributed by atoms with van der Waals surface area (Å²) in [6.07, 6.45) is 4.11. The molecule has 0 bridgehead atoms. The summed E-state index contributed by atoms with van der Waals surface area (Å²) >= 11 is 0. The number of hydrogen-bond donors (Lipinski definition) is 2. The molecule has 2 rings (SSSR count). The van der Waals surface area contributed by atoms with Crippen LogP contribution < -0.4 is 10.1 Å². The van der Waals surface area contributed by atoms with E-state index >= 15 is 0 Å². The predicted octanol–water partition coefficient (Wildman–Crippen LogP) is 2.03. The van der Waals surface area contributed by atoms with Gasteiger partial charge in [0.1, 0.15) is 0 Å². The van der Waals surface area contributed by atoms with Crippen LogP contribution >= 0.6 is 0 Å². The third-order valence-corrected chi connectivity index (χ3v) is 3.20. The standard InChI is InChI=1S/C13H17NO3/c1-17-13-7-10(9(8-15)6-12(13)16)11-4-2-3-5-14-11/h6-8,11,14,16H,2-5H2,1H3. The summed E-state index contributed by atoms with van der Waals surface area (Å²) in [5, 5.41) is 13.0. The molecule has 0 radical (unpaired) electrons. The number of piperidine rings is 1. The molecule has 0 spiro atoms. The minimum Gasteiger partial charge on any atom is -0.504 e. The minimum absolute atomic E-state index is 0.00848. The quantitative estimate of drug-likeness (QED) is 0.787. The van der Waals surface area contributed by atoms with Crippen LogP contribution in [0.1, 0.15) is 41.2 Å². The van der Waals surface area contributed by atoms with E-state index in [1.165, 1.54) is 19.6 Å². The molecule has 1 aromatic carbocycles. The maximum Gasteiger partial charge on any atom is 0.160 e. The lowest BCUT2D eigenvalue weighted by Crippen LogP contribution is -2.27. The second kappa shape index (κ2) is 5.19. The number of ether oxygens (including phenoxy) is 1. The second-order valence-corrected chi connectivity index (χ2v) is 4.27. The molecular formula is C13H17NO3. The number of methoxy groups -OCH3 is 1. The van der Waals surface area contributed by atoms with Crippen molar-refractivity contribution in [1.29, 1.82) is 0 Å². The first-order chi connectivity index (χ1) is 8.26. The number of phenols is 1. The van der Waals surface area contributed by atoms with Gasteiger partial charge in [-0.1, -0.05) is 6.42 Å². The molecule has 0 saturated carbocycles. The van der Waals surface area contributed by atoms with Crippen LogP contribution in [0.2, 0.25) is 0 Å². The van der Waals surface area contributed by atoms with E-state index in [4.69, 9.17) is 4.74 Å². The molecule has 17 heavy (non-hydrogen) atoms. The van der Waals surface area contributed by atoms with Gasteiger partial charge in [-0.3, -0.25) is 4.79 Å². The Labute approximate surface area is 101 Å². The highest BCUT2D eigenvalue weighted by atomic mass is 16.5. The highest BCUT2D eigenvalue weighted by Crippen LogP contribution is 2.34. The molecule has 1 aliphatic heterocycles. The number of aromatic hydroxyl groups is 1. The fourth-order valence-electron chi connectivity index (χ4n) is 2.28. The maximum absolute atomic E-state index is 11.0. The summed E-state index contributed by atoms with van der Waals surface area (Å²) in [6.45, 7) is 0.964. The van der Waals surface area contributed by atoms with Gasteiger partial charge in [0.15, 0.2) is 17.8 Å². The van der Waals surface area contributed by atoms with Gasteiger partial charge in [0.05, 0.1) is 7.11 Å². The highest BCUT2D eigenvalue weighted by molar-refractivity contribution is 5.79. The Kier molecular flexibility index (Phi) is 3.64. The monoisotopic (exact) mass is 235 g/mol. The summed E-state index contributed by atoms with van der Waals surface area (Å²) in [5.41, 5.74) is 1.44. The van der Waals surface area contributed by atoms with E-state index in [9.17, 15) is 9.90 Å². The number of hydrogen-bond acceptors (Lipinski definition) is 4. The normalized spacial score (nSPS) is 19.9. The molecule has 4 heteroatoms. The summed E-state index contributed by atoms with van der Waals surface area (Å²) in [4.78, 5) is 11.0. The van der Waals surface area contributed by atoms with Gasteiger partial charge in [0.25, 0.3) is 0 Å². The van der Waals surface area contributed by atoms with Gasteiger partial charge in [-0.25, -0.2) is 0 Å². The average molecular weight is 235 g/mol. The highest BCUT2D eigenvalue weighted by Gasteiger charge is 2.20. The van der Waals surface area contributed by atoms with Crippen molar-refractivity contribution in [2.45, 2.75) is 25.3 Å².